The number of nitrogens with one attached hydrogen (secondary N) is 2. The molecular formula is C10H14ClN3O3. The van der Waals surface area contributed by atoms with E-state index in [1.54, 1.807) is 13.1 Å². The van der Waals surface area contributed by atoms with Crippen LogP contribution in [0.2, 0.25) is 0 Å². The molecule has 0 spiro atoms. The first-order valence-corrected chi connectivity index (χ1v) is 5.56. The lowest BCUT2D eigenvalue weighted by Crippen LogP contribution is -2.21. The molecule has 0 saturated heterocycles. The maximum Gasteiger partial charge on any atom is 0.271 e. The Kier molecular flexibility index (Phi) is 4.99. The van der Waals surface area contributed by atoms with Gasteiger partial charge in [-0.3, -0.25) is 10.1 Å². The molecule has 0 heterocycles. The molecule has 6 nitrogen and oxygen atoms in total. The average Bonchev–Trinajstić information content (AvgIpc) is 2.35. The fourth-order valence-corrected chi connectivity index (χ4v) is 1.40. The molecule has 1 aromatic rings. The van der Waals surface area contributed by atoms with E-state index in [0.717, 1.165) is 0 Å². The van der Waals surface area contributed by atoms with Crippen molar-refractivity contribution in [1.82, 2.24) is 0 Å². The number of hydrogen-bond donors (Lipinski definition) is 3. The van der Waals surface area contributed by atoms with Crippen LogP contribution < -0.4 is 10.6 Å². The molecule has 94 valence electrons. The van der Waals surface area contributed by atoms with Gasteiger partial charge in [-0.15, -0.1) is 11.6 Å². The fourth-order valence-electron chi connectivity index (χ4n) is 1.29. The van der Waals surface area contributed by atoms with Gasteiger partial charge in [-0.1, -0.05) is 0 Å². The summed E-state index contributed by atoms with van der Waals surface area (Å²) in [5, 5.41) is 25.7. The number of aliphatic hydroxyl groups excluding tert-OH is 1. The molecule has 7 heteroatoms. The van der Waals surface area contributed by atoms with Crippen molar-refractivity contribution in [2.24, 2.45) is 0 Å². The summed E-state index contributed by atoms with van der Waals surface area (Å²) in [7, 11) is 1.67. The molecule has 1 aromatic carbocycles. The number of nitro groups is 1. The van der Waals surface area contributed by atoms with Crippen LogP contribution in [0.3, 0.4) is 0 Å². The van der Waals surface area contributed by atoms with E-state index < -0.39 is 11.0 Å². The Balaban J connectivity index is 2.82. The van der Waals surface area contributed by atoms with Crippen molar-refractivity contribution in [1.29, 1.82) is 0 Å². The van der Waals surface area contributed by atoms with Crippen LogP contribution in [0.1, 0.15) is 0 Å². The van der Waals surface area contributed by atoms with Gasteiger partial charge in [-0.2, -0.15) is 0 Å². The van der Waals surface area contributed by atoms with Crippen LogP contribution in [-0.2, 0) is 0 Å². The maximum atomic E-state index is 10.6. The summed E-state index contributed by atoms with van der Waals surface area (Å²) < 4.78 is 0. The summed E-state index contributed by atoms with van der Waals surface area (Å²) in [5.41, 5.74) is 1.29. The van der Waals surface area contributed by atoms with Gasteiger partial charge in [-0.05, 0) is 6.07 Å². The summed E-state index contributed by atoms with van der Waals surface area (Å²) in [6.45, 7) is 0.288. The van der Waals surface area contributed by atoms with Gasteiger partial charge < -0.3 is 15.7 Å². The average molecular weight is 260 g/mol. The molecule has 1 atom stereocenters. The van der Waals surface area contributed by atoms with Crippen molar-refractivity contribution < 1.29 is 10.0 Å². The van der Waals surface area contributed by atoms with Gasteiger partial charge >= 0.3 is 0 Å². The summed E-state index contributed by atoms with van der Waals surface area (Å²) in [4.78, 5) is 10.1. The molecule has 0 aliphatic heterocycles. The Morgan fingerprint density at radius 1 is 1.53 bits per heavy atom. The second-order valence-electron chi connectivity index (χ2n) is 3.43. The van der Waals surface area contributed by atoms with Crippen molar-refractivity contribution in [2.45, 2.75) is 6.10 Å². The van der Waals surface area contributed by atoms with Gasteiger partial charge in [0.2, 0.25) is 0 Å². The van der Waals surface area contributed by atoms with Crippen molar-refractivity contribution in [2.75, 3.05) is 30.1 Å². The zero-order chi connectivity index (χ0) is 12.8. The Morgan fingerprint density at radius 2 is 2.24 bits per heavy atom. The van der Waals surface area contributed by atoms with Crippen LogP contribution in [0.4, 0.5) is 17.1 Å². The van der Waals surface area contributed by atoms with Crippen molar-refractivity contribution in [3.63, 3.8) is 0 Å². The van der Waals surface area contributed by atoms with E-state index in [0.29, 0.717) is 11.4 Å². The first kappa shape index (κ1) is 13.5. The molecule has 17 heavy (non-hydrogen) atoms. The molecule has 0 radical (unpaired) electrons. The van der Waals surface area contributed by atoms with E-state index >= 15 is 0 Å². The number of nitro benzene ring substituents is 1. The number of alkyl halides is 1. The molecular weight excluding hydrogens is 246 g/mol. The number of aliphatic hydroxyl groups is 1. The fraction of sp³-hybridized carbons (Fsp3) is 0.400. The second kappa shape index (κ2) is 6.27. The summed E-state index contributed by atoms with van der Waals surface area (Å²) in [5.74, 6) is 0.134. The Bertz CT molecular complexity index is 400. The highest BCUT2D eigenvalue weighted by atomic mass is 35.5. The quantitative estimate of drug-likeness (QED) is 0.411. The lowest BCUT2D eigenvalue weighted by molar-refractivity contribution is -0.384. The summed E-state index contributed by atoms with van der Waals surface area (Å²) in [6, 6.07) is 4.41. The topological polar surface area (TPSA) is 87.4 Å². The number of non-ortho nitro benzene ring substituents is 1. The molecule has 0 aromatic heterocycles. The summed E-state index contributed by atoms with van der Waals surface area (Å²) >= 11 is 5.46. The number of hydrogen-bond acceptors (Lipinski definition) is 5. The van der Waals surface area contributed by atoms with Crippen LogP contribution in [0.5, 0.6) is 0 Å². The van der Waals surface area contributed by atoms with E-state index in [2.05, 4.69) is 10.6 Å². The van der Waals surface area contributed by atoms with Crippen LogP contribution in [0.25, 0.3) is 0 Å². The van der Waals surface area contributed by atoms with Crippen LogP contribution in [0, 0.1) is 10.1 Å². The van der Waals surface area contributed by atoms with Crippen molar-refractivity contribution >= 4 is 28.7 Å². The third-order valence-corrected chi connectivity index (χ3v) is 2.55. The highest BCUT2D eigenvalue weighted by molar-refractivity contribution is 6.18. The molecule has 0 bridgehead atoms. The van der Waals surface area contributed by atoms with E-state index in [1.807, 2.05) is 0 Å². The highest BCUT2D eigenvalue weighted by Gasteiger charge is 2.10. The van der Waals surface area contributed by atoms with Gasteiger partial charge in [0, 0.05) is 25.7 Å². The lowest BCUT2D eigenvalue weighted by Gasteiger charge is -2.13. The third kappa shape index (κ3) is 3.76. The SMILES string of the molecule is CNc1cc([N+](=O)[O-])ccc1NCC(O)CCl. The van der Waals surface area contributed by atoms with E-state index in [-0.39, 0.29) is 18.1 Å². The van der Waals surface area contributed by atoms with Crippen LogP contribution in [-0.4, -0.2) is 35.6 Å². The number of rotatable bonds is 6. The first-order chi connectivity index (χ1) is 8.08. The number of anilines is 2. The molecule has 3 N–H and O–H groups in total. The number of nitrogens with zero attached hydrogens (tertiary/aromatic N) is 1. The molecule has 0 aliphatic rings. The van der Waals surface area contributed by atoms with Gasteiger partial charge in [0.1, 0.15) is 0 Å². The van der Waals surface area contributed by atoms with Crippen LogP contribution >= 0.6 is 11.6 Å². The van der Waals surface area contributed by atoms with E-state index in [9.17, 15) is 15.2 Å². The highest BCUT2D eigenvalue weighted by Crippen LogP contribution is 2.26. The standard InChI is InChI=1S/C10H14ClN3O3/c1-12-10-4-7(14(16)17)2-3-9(10)13-6-8(15)5-11/h2-4,8,12-13,15H,5-6H2,1H3. The van der Waals surface area contributed by atoms with Crippen molar-refractivity contribution in [3.05, 3.63) is 28.3 Å². The minimum absolute atomic E-state index is 0.0118. The zero-order valence-electron chi connectivity index (χ0n) is 9.31. The predicted molar refractivity (Wildman–Crippen MR) is 67.9 cm³/mol. The lowest BCUT2D eigenvalue weighted by atomic mass is 10.2. The first-order valence-electron chi connectivity index (χ1n) is 5.02. The van der Waals surface area contributed by atoms with Gasteiger partial charge in [0.15, 0.2) is 0 Å². The normalized spacial score (nSPS) is 11.9. The second-order valence-corrected chi connectivity index (χ2v) is 3.73. The van der Waals surface area contributed by atoms with Gasteiger partial charge in [-0.25, -0.2) is 0 Å². The Labute approximate surface area is 104 Å². The molecule has 1 rings (SSSR count). The molecule has 0 saturated carbocycles. The molecule has 0 amide bonds. The smallest absolute Gasteiger partial charge is 0.271 e. The Morgan fingerprint density at radius 3 is 2.76 bits per heavy atom. The molecule has 0 aliphatic carbocycles. The maximum absolute atomic E-state index is 10.6. The molecule has 0 fully saturated rings. The predicted octanol–water partition coefficient (Wildman–Crippen LogP) is 1.65. The minimum Gasteiger partial charge on any atom is -0.390 e. The van der Waals surface area contributed by atoms with E-state index in [4.69, 9.17) is 11.6 Å². The van der Waals surface area contributed by atoms with Gasteiger partial charge in [0.05, 0.1) is 28.3 Å². The monoisotopic (exact) mass is 259 g/mol. The molecule has 1 unspecified atom stereocenters. The number of benzene rings is 1. The van der Waals surface area contributed by atoms with Crippen LogP contribution in [0.15, 0.2) is 18.2 Å². The Hall–Kier alpha value is -1.53. The minimum atomic E-state index is -0.656. The van der Waals surface area contributed by atoms with Gasteiger partial charge in [0.25, 0.3) is 5.69 Å². The number of halogens is 1. The zero-order valence-corrected chi connectivity index (χ0v) is 10.1. The van der Waals surface area contributed by atoms with Crippen molar-refractivity contribution in [3.8, 4) is 0 Å². The summed E-state index contributed by atoms with van der Waals surface area (Å²) in [6.07, 6.45) is -0.656. The largest absolute Gasteiger partial charge is 0.390 e. The van der Waals surface area contributed by atoms with E-state index in [1.165, 1.54) is 12.1 Å². The third-order valence-electron chi connectivity index (χ3n) is 2.19.